The first-order valence-corrected chi connectivity index (χ1v) is 6.59. The van der Waals surface area contributed by atoms with E-state index in [1.165, 1.54) is 6.07 Å². The second-order valence-electron chi connectivity index (χ2n) is 5.08. The summed E-state index contributed by atoms with van der Waals surface area (Å²) in [7, 11) is 0. The fourth-order valence-corrected chi connectivity index (χ4v) is 2.37. The van der Waals surface area contributed by atoms with E-state index in [2.05, 4.69) is 12.2 Å². The topological polar surface area (TPSA) is 64.4 Å². The van der Waals surface area contributed by atoms with Crippen molar-refractivity contribution in [1.29, 1.82) is 0 Å². The van der Waals surface area contributed by atoms with Crippen LogP contribution in [-0.4, -0.2) is 23.2 Å². The van der Waals surface area contributed by atoms with Crippen molar-refractivity contribution in [2.75, 3.05) is 6.61 Å². The maximum Gasteiger partial charge on any atom is 0.288 e. The van der Waals surface area contributed by atoms with Crippen molar-refractivity contribution < 1.29 is 9.66 Å². The second-order valence-corrected chi connectivity index (χ2v) is 5.48. The van der Waals surface area contributed by atoms with E-state index in [4.69, 9.17) is 16.3 Å². The van der Waals surface area contributed by atoms with Crippen LogP contribution in [-0.2, 0) is 11.3 Å². The van der Waals surface area contributed by atoms with Crippen LogP contribution in [0.4, 0.5) is 5.69 Å². The summed E-state index contributed by atoms with van der Waals surface area (Å²) in [4.78, 5) is 10.4. The number of hydrogen-bond acceptors (Lipinski definition) is 4. The molecule has 1 aromatic carbocycles. The Balaban J connectivity index is 2.08. The first-order chi connectivity index (χ1) is 8.92. The molecule has 0 radical (unpaired) electrons. The molecular formula is C13H17ClN2O3. The van der Waals surface area contributed by atoms with Crippen LogP contribution in [0.1, 0.15) is 25.8 Å². The van der Waals surface area contributed by atoms with Gasteiger partial charge in [0.2, 0.25) is 0 Å². The predicted octanol–water partition coefficient (Wildman–Crippen LogP) is 2.91. The van der Waals surface area contributed by atoms with Gasteiger partial charge >= 0.3 is 0 Å². The lowest BCUT2D eigenvalue weighted by Gasteiger charge is -2.29. The molecule has 1 aliphatic rings. The van der Waals surface area contributed by atoms with Crippen LogP contribution in [0, 0.1) is 10.1 Å². The third kappa shape index (κ3) is 3.05. The van der Waals surface area contributed by atoms with Crippen molar-refractivity contribution in [2.45, 2.75) is 38.5 Å². The predicted molar refractivity (Wildman–Crippen MR) is 73.4 cm³/mol. The van der Waals surface area contributed by atoms with Gasteiger partial charge in [0.1, 0.15) is 5.02 Å². The van der Waals surface area contributed by atoms with Crippen molar-refractivity contribution in [2.24, 2.45) is 0 Å². The molecule has 1 aromatic rings. The third-order valence-electron chi connectivity index (χ3n) is 3.79. The van der Waals surface area contributed by atoms with Gasteiger partial charge < -0.3 is 10.1 Å². The molecule has 2 rings (SSSR count). The number of nitrogens with one attached hydrogen (secondary N) is 1. The molecule has 19 heavy (non-hydrogen) atoms. The van der Waals surface area contributed by atoms with Gasteiger partial charge in [-0.2, -0.15) is 0 Å². The van der Waals surface area contributed by atoms with Crippen molar-refractivity contribution in [3.8, 4) is 0 Å². The van der Waals surface area contributed by atoms with Crippen molar-refractivity contribution in [1.82, 2.24) is 5.32 Å². The summed E-state index contributed by atoms with van der Waals surface area (Å²) >= 11 is 5.79. The van der Waals surface area contributed by atoms with Gasteiger partial charge in [0, 0.05) is 24.8 Å². The van der Waals surface area contributed by atoms with Crippen LogP contribution >= 0.6 is 11.6 Å². The van der Waals surface area contributed by atoms with Crippen molar-refractivity contribution >= 4 is 17.3 Å². The molecule has 0 spiro atoms. The van der Waals surface area contributed by atoms with Gasteiger partial charge in [-0.25, -0.2) is 0 Å². The fraction of sp³-hybridized carbons (Fsp3) is 0.538. The Morgan fingerprint density at radius 3 is 2.95 bits per heavy atom. The summed E-state index contributed by atoms with van der Waals surface area (Å²) in [5.74, 6) is 0. The van der Waals surface area contributed by atoms with Gasteiger partial charge in [-0.05, 0) is 31.9 Å². The molecule has 2 unspecified atom stereocenters. The summed E-state index contributed by atoms with van der Waals surface area (Å²) < 4.78 is 5.55. The molecule has 0 bridgehead atoms. The zero-order chi connectivity index (χ0) is 14.0. The lowest BCUT2D eigenvalue weighted by Crippen LogP contribution is -2.47. The number of nitro benzene ring substituents is 1. The van der Waals surface area contributed by atoms with Crippen LogP contribution in [0.3, 0.4) is 0 Å². The largest absolute Gasteiger partial charge is 0.377 e. The summed E-state index contributed by atoms with van der Waals surface area (Å²) in [6.07, 6.45) is 1.07. The molecule has 0 saturated carbocycles. The zero-order valence-corrected chi connectivity index (χ0v) is 11.7. The lowest BCUT2D eigenvalue weighted by atomic mass is 9.94. The zero-order valence-electron chi connectivity index (χ0n) is 11.0. The van der Waals surface area contributed by atoms with E-state index in [0.717, 1.165) is 18.6 Å². The molecular weight excluding hydrogens is 268 g/mol. The van der Waals surface area contributed by atoms with Gasteiger partial charge in [0.05, 0.1) is 11.0 Å². The first kappa shape index (κ1) is 14.2. The maximum atomic E-state index is 10.8. The van der Waals surface area contributed by atoms with Gasteiger partial charge in [0.15, 0.2) is 0 Å². The highest BCUT2D eigenvalue weighted by Crippen LogP contribution is 2.27. The highest BCUT2D eigenvalue weighted by molar-refractivity contribution is 6.32. The smallest absolute Gasteiger partial charge is 0.288 e. The van der Waals surface area contributed by atoms with Crippen LogP contribution in [0.5, 0.6) is 0 Å². The van der Waals surface area contributed by atoms with E-state index in [9.17, 15) is 10.1 Å². The van der Waals surface area contributed by atoms with Crippen LogP contribution in [0.2, 0.25) is 5.02 Å². The Bertz CT molecular complexity index is 495. The van der Waals surface area contributed by atoms with Crippen LogP contribution < -0.4 is 5.32 Å². The summed E-state index contributed by atoms with van der Waals surface area (Å²) in [5.41, 5.74) is 0.701. The summed E-state index contributed by atoms with van der Waals surface area (Å²) in [5, 5.41) is 14.4. The Morgan fingerprint density at radius 2 is 2.37 bits per heavy atom. The van der Waals surface area contributed by atoms with E-state index in [-0.39, 0.29) is 22.4 Å². The Kier molecular flexibility index (Phi) is 4.08. The monoisotopic (exact) mass is 284 g/mol. The minimum atomic E-state index is -0.463. The summed E-state index contributed by atoms with van der Waals surface area (Å²) in [6.45, 7) is 5.44. The van der Waals surface area contributed by atoms with E-state index in [1.807, 2.05) is 6.92 Å². The number of hydrogen-bond donors (Lipinski definition) is 1. The molecule has 0 aromatic heterocycles. The summed E-state index contributed by atoms with van der Waals surface area (Å²) in [6, 6.07) is 4.87. The maximum absolute atomic E-state index is 10.8. The van der Waals surface area contributed by atoms with Gasteiger partial charge in [-0.3, -0.25) is 10.1 Å². The van der Waals surface area contributed by atoms with Crippen LogP contribution in [0.25, 0.3) is 0 Å². The molecule has 1 fully saturated rings. The normalized spacial score (nSPS) is 26.6. The molecule has 104 valence electrons. The third-order valence-corrected chi connectivity index (χ3v) is 4.11. The molecule has 1 N–H and O–H groups in total. The Hall–Kier alpha value is -1.17. The van der Waals surface area contributed by atoms with Crippen LogP contribution in [0.15, 0.2) is 18.2 Å². The standard InChI is InChI=1S/C13H17ClN2O3/c1-9-13(2,5-6-19-9)15-8-10-3-4-11(14)12(7-10)16(17)18/h3-4,7,9,15H,5-6,8H2,1-2H3. The minimum Gasteiger partial charge on any atom is -0.377 e. The Morgan fingerprint density at radius 1 is 1.63 bits per heavy atom. The molecule has 5 nitrogen and oxygen atoms in total. The first-order valence-electron chi connectivity index (χ1n) is 6.22. The fourth-order valence-electron chi connectivity index (χ4n) is 2.18. The number of halogens is 1. The SMILES string of the molecule is CC1OCCC1(C)NCc1ccc(Cl)c([N+](=O)[O-])c1. The van der Waals surface area contributed by atoms with E-state index >= 15 is 0 Å². The van der Waals surface area contributed by atoms with Crippen molar-refractivity contribution in [3.05, 3.63) is 38.9 Å². The quantitative estimate of drug-likeness (QED) is 0.682. The molecule has 1 heterocycles. The number of benzene rings is 1. The van der Waals surface area contributed by atoms with Gasteiger partial charge in [-0.15, -0.1) is 0 Å². The second kappa shape index (κ2) is 5.45. The number of ether oxygens (including phenoxy) is 1. The average Bonchev–Trinajstić information content (AvgIpc) is 2.69. The molecule has 6 heteroatoms. The average molecular weight is 285 g/mol. The van der Waals surface area contributed by atoms with E-state index in [0.29, 0.717) is 6.54 Å². The molecule has 0 amide bonds. The molecule has 0 aliphatic carbocycles. The van der Waals surface area contributed by atoms with Gasteiger partial charge in [0.25, 0.3) is 5.69 Å². The minimum absolute atomic E-state index is 0.0539. The van der Waals surface area contributed by atoms with Crippen molar-refractivity contribution in [3.63, 3.8) is 0 Å². The van der Waals surface area contributed by atoms with E-state index in [1.54, 1.807) is 12.1 Å². The number of nitro groups is 1. The number of nitrogens with zero attached hydrogens (tertiary/aromatic N) is 1. The lowest BCUT2D eigenvalue weighted by molar-refractivity contribution is -0.384. The number of rotatable bonds is 4. The molecule has 2 atom stereocenters. The Labute approximate surface area is 117 Å². The molecule has 1 aliphatic heterocycles. The highest BCUT2D eigenvalue weighted by Gasteiger charge is 2.36. The molecule has 1 saturated heterocycles. The van der Waals surface area contributed by atoms with E-state index < -0.39 is 4.92 Å². The highest BCUT2D eigenvalue weighted by atomic mass is 35.5. The van der Waals surface area contributed by atoms with Gasteiger partial charge in [-0.1, -0.05) is 17.7 Å².